The number of benzene rings is 2. The molecule has 27 heavy (non-hydrogen) atoms. The van der Waals surface area contributed by atoms with E-state index in [4.69, 9.17) is 14.2 Å². The van der Waals surface area contributed by atoms with Crippen molar-refractivity contribution in [1.29, 1.82) is 0 Å². The maximum atomic E-state index is 12.5. The molecule has 1 spiro atoms. The van der Waals surface area contributed by atoms with Crippen LogP contribution in [0.3, 0.4) is 0 Å². The normalized spacial score (nSPS) is 18.3. The van der Waals surface area contributed by atoms with E-state index >= 15 is 0 Å². The van der Waals surface area contributed by atoms with Gasteiger partial charge in [-0.2, -0.15) is 0 Å². The molecular formula is C23H26O4. The summed E-state index contributed by atoms with van der Waals surface area (Å²) in [5.41, 5.74) is 1.78. The van der Waals surface area contributed by atoms with Crippen molar-refractivity contribution in [2.45, 2.75) is 64.1 Å². The van der Waals surface area contributed by atoms with Crippen LogP contribution >= 0.6 is 0 Å². The van der Waals surface area contributed by atoms with Crippen LogP contribution in [0.5, 0.6) is 17.2 Å². The molecule has 4 nitrogen and oxygen atoms in total. The van der Waals surface area contributed by atoms with Crippen molar-refractivity contribution in [3.8, 4) is 17.2 Å². The van der Waals surface area contributed by atoms with Crippen LogP contribution < -0.4 is 14.2 Å². The van der Waals surface area contributed by atoms with E-state index in [1.54, 1.807) is 12.1 Å². The molecule has 1 atom stereocenters. The van der Waals surface area contributed by atoms with Crippen LogP contribution in [-0.4, -0.2) is 11.8 Å². The van der Waals surface area contributed by atoms with E-state index in [-0.39, 0.29) is 5.97 Å². The molecule has 1 aliphatic heterocycles. The number of ether oxygens (including phenoxy) is 3. The Morgan fingerprint density at radius 2 is 1.74 bits per heavy atom. The average Bonchev–Trinajstić information content (AvgIpc) is 3.04. The van der Waals surface area contributed by atoms with Gasteiger partial charge in [-0.05, 0) is 55.0 Å². The summed E-state index contributed by atoms with van der Waals surface area (Å²) in [6, 6.07) is 13.0. The molecule has 1 saturated carbocycles. The molecule has 1 heterocycles. The fourth-order valence-electron chi connectivity index (χ4n) is 3.78. The lowest BCUT2D eigenvalue weighted by atomic mass is 9.94. The van der Waals surface area contributed by atoms with Crippen LogP contribution in [0.15, 0.2) is 42.5 Å². The minimum atomic E-state index is -0.519. The zero-order valence-corrected chi connectivity index (χ0v) is 16.0. The summed E-state index contributed by atoms with van der Waals surface area (Å²) in [5, 5.41) is 0. The number of hydrogen-bond acceptors (Lipinski definition) is 4. The Hall–Kier alpha value is -2.49. The lowest BCUT2D eigenvalue weighted by molar-refractivity contribution is -0.105. The molecular weight excluding hydrogens is 340 g/mol. The fourth-order valence-corrected chi connectivity index (χ4v) is 3.78. The van der Waals surface area contributed by atoms with Gasteiger partial charge >= 0.3 is 5.97 Å². The number of hydrogen-bond donors (Lipinski definition) is 0. The summed E-state index contributed by atoms with van der Waals surface area (Å²) in [6.07, 6.45) is 6.33. The molecule has 0 amide bonds. The van der Waals surface area contributed by atoms with Crippen molar-refractivity contribution in [2.24, 2.45) is 0 Å². The van der Waals surface area contributed by atoms with E-state index in [1.807, 2.05) is 30.3 Å². The molecule has 1 fully saturated rings. The highest BCUT2D eigenvalue weighted by Gasteiger charge is 2.42. The standard InChI is InChI=1S/C23H26O4/c1-3-16(2)17-7-9-18(10-8-17)22(24)25-19-11-12-20-21(15-19)27-23(26-20)13-5-4-6-14-23/h7-12,15-16H,3-6,13-14H2,1-2H3. The van der Waals surface area contributed by atoms with Crippen molar-refractivity contribution in [1.82, 2.24) is 0 Å². The van der Waals surface area contributed by atoms with Crippen molar-refractivity contribution < 1.29 is 19.0 Å². The highest BCUT2D eigenvalue weighted by molar-refractivity contribution is 5.91. The number of fused-ring (bicyclic) bond motifs is 1. The van der Waals surface area contributed by atoms with Gasteiger partial charge in [0.05, 0.1) is 5.56 Å². The van der Waals surface area contributed by atoms with E-state index < -0.39 is 5.79 Å². The molecule has 0 saturated heterocycles. The molecule has 1 unspecified atom stereocenters. The van der Waals surface area contributed by atoms with Gasteiger partial charge in [0.2, 0.25) is 0 Å². The molecule has 2 aromatic rings. The molecule has 0 radical (unpaired) electrons. The summed E-state index contributed by atoms with van der Waals surface area (Å²) in [4.78, 5) is 12.5. The Kier molecular flexibility index (Phi) is 4.81. The number of carbonyl (C=O) groups excluding carboxylic acids is 1. The number of esters is 1. The molecule has 0 N–H and O–H groups in total. The van der Waals surface area contributed by atoms with Crippen molar-refractivity contribution >= 4 is 5.97 Å². The minimum absolute atomic E-state index is 0.364. The monoisotopic (exact) mass is 366 g/mol. The first-order valence-corrected chi connectivity index (χ1v) is 9.93. The third-order valence-corrected chi connectivity index (χ3v) is 5.66. The maximum Gasteiger partial charge on any atom is 0.343 e. The minimum Gasteiger partial charge on any atom is -0.448 e. The predicted octanol–water partition coefficient (Wildman–Crippen LogP) is 5.85. The van der Waals surface area contributed by atoms with Crippen molar-refractivity contribution in [2.75, 3.05) is 0 Å². The third kappa shape index (κ3) is 3.66. The van der Waals surface area contributed by atoms with E-state index in [0.29, 0.717) is 23.0 Å². The van der Waals surface area contributed by atoms with Gasteiger partial charge in [-0.15, -0.1) is 0 Å². The Morgan fingerprint density at radius 1 is 1.04 bits per heavy atom. The maximum absolute atomic E-state index is 12.5. The van der Waals surface area contributed by atoms with Crippen LogP contribution in [0.4, 0.5) is 0 Å². The van der Waals surface area contributed by atoms with Crippen molar-refractivity contribution in [3.63, 3.8) is 0 Å². The van der Waals surface area contributed by atoms with Crippen LogP contribution in [0.25, 0.3) is 0 Å². The van der Waals surface area contributed by atoms with Crippen LogP contribution in [-0.2, 0) is 0 Å². The van der Waals surface area contributed by atoms with Gasteiger partial charge < -0.3 is 14.2 Å². The van der Waals surface area contributed by atoms with Gasteiger partial charge in [-0.1, -0.05) is 32.4 Å². The lowest BCUT2D eigenvalue weighted by Crippen LogP contribution is -2.40. The van der Waals surface area contributed by atoms with Crippen molar-refractivity contribution in [3.05, 3.63) is 53.6 Å². The van der Waals surface area contributed by atoms with Gasteiger partial charge in [0.15, 0.2) is 11.5 Å². The molecule has 2 aliphatic rings. The summed E-state index contributed by atoms with van der Waals surface area (Å²) >= 11 is 0. The number of carbonyl (C=O) groups is 1. The van der Waals surface area contributed by atoms with E-state index in [1.165, 1.54) is 12.0 Å². The Labute approximate surface area is 160 Å². The Morgan fingerprint density at radius 3 is 2.44 bits per heavy atom. The molecule has 1 aliphatic carbocycles. The summed E-state index contributed by atoms with van der Waals surface area (Å²) in [5.74, 6) is 1.47. The van der Waals surface area contributed by atoms with E-state index in [2.05, 4.69) is 13.8 Å². The number of rotatable bonds is 4. The van der Waals surface area contributed by atoms with E-state index in [0.717, 1.165) is 37.9 Å². The van der Waals surface area contributed by atoms with Gasteiger partial charge in [-0.3, -0.25) is 0 Å². The smallest absolute Gasteiger partial charge is 0.343 e. The lowest BCUT2D eigenvalue weighted by Gasteiger charge is -2.31. The van der Waals surface area contributed by atoms with Crippen LogP contribution in [0.2, 0.25) is 0 Å². The zero-order chi connectivity index (χ0) is 18.9. The van der Waals surface area contributed by atoms with Crippen LogP contribution in [0.1, 0.15) is 74.2 Å². The first kappa shape index (κ1) is 17.9. The second-order valence-corrected chi connectivity index (χ2v) is 7.60. The molecule has 4 heteroatoms. The van der Waals surface area contributed by atoms with Gasteiger partial charge in [-0.25, -0.2) is 4.79 Å². The highest BCUT2D eigenvalue weighted by Crippen LogP contribution is 2.46. The molecule has 2 aromatic carbocycles. The first-order valence-electron chi connectivity index (χ1n) is 9.93. The Balaban J connectivity index is 1.45. The van der Waals surface area contributed by atoms with E-state index in [9.17, 15) is 4.79 Å². The molecule has 4 rings (SSSR count). The second-order valence-electron chi connectivity index (χ2n) is 7.60. The zero-order valence-electron chi connectivity index (χ0n) is 16.0. The first-order chi connectivity index (χ1) is 13.1. The summed E-state index contributed by atoms with van der Waals surface area (Å²) < 4.78 is 17.7. The third-order valence-electron chi connectivity index (χ3n) is 5.66. The summed E-state index contributed by atoms with van der Waals surface area (Å²) in [6.45, 7) is 4.34. The van der Waals surface area contributed by atoms with Crippen LogP contribution in [0, 0.1) is 0 Å². The fraction of sp³-hybridized carbons (Fsp3) is 0.435. The largest absolute Gasteiger partial charge is 0.448 e. The quantitative estimate of drug-likeness (QED) is 0.503. The topological polar surface area (TPSA) is 44.8 Å². The SMILES string of the molecule is CCC(C)c1ccc(C(=O)Oc2ccc3c(c2)OC2(CCCCC2)O3)cc1. The van der Waals surface area contributed by atoms with Gasteiger partial charge in [0, 0.05) is 18.9 Å². The molecule has 0 aromatic heterocycles. The average molecular weight is 366 g/mol. The van der Waals surface area contributed by atoms with Gasteiger partial charge in [0.25, 0.3) is 5.79 Å². The highest BCUT2D eigenvalue weighted by atomic mass is 16.7. The summed E-state index contributed by atoms with van der Waals surface area (Å²) in [7, 11) is 0. The molecule has 142 valence electrons. The molecule has 0 bridgehead atoms. The predicted molar refractivity (Wildman–Crippen MR) is 104 cm³/mol. The second kappa shape index (κ2) is 7.26. The Bertz CT molecular complexity index is 819. The van der Waals surface area contributed by atoms with Gasteiger partial charge in [0.1, 0.15) is 5.75 Å².